The van der Waals surface area contributed by atoms with E-state index in [2.05, 4.69) is 65.0 Å². The molecule has 5 nitrogen and oxygen atoms in total. The van der Waals surface area contributed by atoms with Crippen LogP contribution < -0.4 is 5.32 Å². The molecule has 1 aromatic heterocycles. The van der Waals surface area contributed by atoms with Gasteiger partial charge in [-0.15, -0.1) is 0 Å². The smallest absolute Gasteiger partial charge is 0.231 e. The van der Waals surface area contributed by atoms with E-state index in [9.17, 15) is 4.79 Å². The van der Waals surface area contributed by atoms with Crippen LogP contribution in [0.5, 0.6) is 0 Å². The lowest BCUT2D eigenvalue weighted by atomic mass is 9.93. The zero-order valence-corrected chi connectivity index (χ0v) is 21.1. The summed E-state index contributed by atoms with van der Waals surface area (Å²) in [5.74, 6) is 0.480. The fourth-order valence-electron chi connectivity index (χ4n) is 4.66. The van der Waals surface area contributed by atoms with Gasteiger partial charge >= 0.3 is 0 Å². The Labute approximate surface area is 199 Å². The largest absolute Gasteiger partial charge is 0.338 e. The number of carbonyl (C=O) groups excluding carboxylic acids is 1. The van der Waals surface area contributed by atoms with Crippen molar-refractivity contribution in [2.24, 2.45) is 0 Å². The SMILES string of the molecule is CC1CCc2ncnc(C3=CCN(C(=O)C(CNC(C)(C)C)c4ccc(Br)cc4)CC3)c21. The third-order valence-corrected chi connectivity index (χ3v) is 7.03. The third kappa shape index (κ3) is 5.12. The van der Waals surface area contributed by atoms with Gasteiger partial charge in [0.2, 0.25) is 5.91 Å². The van der Waals surface area contributed by atoms with Crippen LogP contribution in [0.4, 0.5) is 0 Å². The number of aromatic nitrogens is 2. The van der Waals surface area contributed by atoms with Gasteiger partial charge < -0.3 is 10.2 Å². The fraction of sp³-hybridized carbons (Fsp3) is 0.500. The van der Waals surface area contributed by atoms with Gasteiger partial charge in [-0.25, -0.2) is 9.97 Å². The maximum absolute atomic E-state index is 13.6. The maximum Gasteiger partial charge on any atom is 0.231 e. The Kier molecular flexibility index (Phi) is 6.82. The van der Waals surface area contributed by atoms with Crippen molar-refractivity contribution in [1.29, 1.82) is 0 Å². The second kappa shape index (κ2) is 9.44. The molecule has 0 radical (unpaired) electrons. The number of halogens is 1. The van der Waals surface area contributed by atoms with E-state index < -0.39 is 0 Å². The number of nitrogens with one attached hydrogen (secondary N) is 1. The highest BCUT2D eigenvalue weighted by Gasteiger charge is 2.30. The summed E-state index contributed by atoms with van der Waals surface area (Å²) in [6.07, 6.45) is 6.92. The summed E-state index contributed by atoms with van der Waals surface area (Å²) in [4.78, 5) is 24.7. The highest BCUT2D eigenvalue weighted by Crippen LogP contribution is 2.37. The molecular formula is C26H33BrN4O. The molecule has 1 aliphatic carbocycles. The number of nitrogens with zero attached hydrogens (tertiary/aromatic N) is 3. The minimum absolute atomic E-state index is 0.0487. The van der Waals surface area contributed by atoms with E-state index >= 15 is 0 Å². The Bertz CT molecular complexity index is 1010. The third-order valence-electron chi connectivity index (χ3n) is 6.51. The predicted molar refractivity (Wildman–Crippen MR) is 133 cm³/mol. The molecule has 0 bridgehead atoms. The van der Waals surface area contributed by atoms with Crippen LogP contribution in [0.15, 0.2) is 41.1 Å². The van der Waals surface area contributed by atoms with Gasteiger partial charge in [-0.3, -0.25) is 4.79 Å². The average Bonchev–Trinajstić information content (AvgIpc) is 3.15. The topological polar surface area (TPSA) is 58.1 Å². The van der Waals surface area contributed by atoms with Crippen LogP contribution >= 0.6 is 15.9 Å². The molecule has 1 aliphatic heterocycles. The van der Waals surface area contributed by atoms with Gasteiger partial charge in [-0.05, 0) is 69.2 Å². The van der Waals surface area contributed by atoms with Crippen LogP contribution in [0.1, 0.15) is 74.9 Å². The molecule has 32 heavy (non-hydrogen) atoms. The number of hydrogen-bond donors (Lipinski definition) is 1. The second-order valence-electron chi connectivity index (χ2n) is 10.0. The van der Waals surface area contributed by atoms with Crippen molar-refractivity contribution >= 4 is 27.4 Å². The monoisotopic (exact) mass is 496 g/mol. The average molecular weight is 497 g/mol. The quantitative estimate of drug-likeness (QED) is 0.626. The minimum atomic E-state index is -0.208. The molecule has 1 amide bonds. The second-order valence-corrected chi connectivity index (χ2v) is 10.9. The van der Waals surface area contributed by atoms with Crippen molar-refractivity contribution in [2.45, 2.75) is 64.3 Å². The standard InChI is InChI=1S/C26H33BrN4O/c1-17-5-10-22-23(17)24(29-16-28-22)19-11-13-31(14-12-19)25(32)21(15-30-26(2,3)4)18-6-8-20(27)9-7-18/h6-9,11,16-17,21,30H,5,10,12-15H2,1-4H3. The van der Waals surface area contributed by atoms with Crippen molar-refractivity contribution in [3.63, 3.8) is 0 Å². The Hall–Kier alpha value is -2.05. The normalized spacial score (nSPS) is 19.5. The van der Waals surface area contributed by atoms with Crippen molar-refractivity contribution in [3.05, 3.63) is 63.7 Å². The van der Waals surface area contributed by atoms with E-state index in [0.717, 1.165) is 41.5 Å². The molecule has 4 rings (SSSR count). The molecule has 2 heterocycles. The molecular weight excluding hydrogens is 464 g/mol. The number of hydrogen-bond acceptors (Lipinski definition) is 4. The Morgan fingerprint density at radius 3 is 2.62 bits per heavy atom. The van der Waals surface area contributed by atoms with Gasteiger partial charge in [0.1, 0.15) is 6.33 Å². The molecule has 0 spiro atoms. The van der Waals surface area contributed by atoms with Crippen LogP contribution in [-0.2, 0) is 11.2 Å². The summed E-state index contributed by atoms with van der Waals surface area (Å²) in [7, 11) is 0. The number of carbonyl (C=O) groups is 1. The summed E-state index contributed by atoms with van der Waals surface area (Å²) in [5.41, 5.74) is 5.88. The van der Waals surface area contributed by atoms with Crippen molar-refractivity contribution in [3.8, 4) is 0 Å². The molecule has 1 aromatic carbocycles. The summed E-state index contributed by atoms with van der Waals surface area (Å²) in [6.45, 7) is 10.6. The maximum atomic E-state index is 13.6. The van der Waals surface area contributed by atoms with Gasteiger partial charge in [-0.2, -0.15) is 0 Å². The van der Waals surface area contributed by atoms with Crippen LogP contribution in [0, 0.1) is 0 Å². The Morgan fingerprint density at radius 1 is 1.22 bits per heavy atom. The molecule has 2 aliphatic rings. The number of rotatable bonds is 5. The summed E-state index contributed by atoms with van der Waals surface area (Å²) in [5, 5.41) is 3.53. The highest BCUT2D eigenvalue weighted by molar-refractivity contribution is 9.10. The van der Waals surface area contributed by atoms with Gasteiger partial charge in [0.25, 0.3) is 0 Å². The zero-order valence-electron chi connectivity index (χ0n) is 19.5. The van der Waals surface area contributed by atoms with Crippen molar-refractivity contribution < 1.29 is 4.79 Å². The molecule has 0 saturated heterocycles. The molecule has 2 aromatic rings. The van der Waals surface area contributed by atoms with E-state index in [1.165, 1.54) is 16.8 Å². The first-order valence-corrected chi connectivity index (χ1v) is 12.3. The molecule has 2 unspecified atom stereocenters. The lowest BCUT2D eigenvalue weighted by Crippen LogP contribution is -2.45. The summed E-state index contributed by atoms with van der Waals surface area (Å²) >= 11 is 3.50. The number of amides is 1. The van der Waals surface area contributed by atoms with E-state index in [1.807, 2.05) is 29.2 Å². The van der Waals surface area contributed by atoms with Gasteiger partial charge in [0.15, 0.2) is 0 Å². The van der Waals surface area contributed by atoms with E-state index in [0.29, 0.717) is 19.0 Å². The Balaban J connectivity index is 1.53. The van der Waals surface area contributed by atoms with E-state index in [1.54, 1.807) is 6.33 Å². The first-order chi connectivity index (χ1) is 15.2. The summed E-state index contributed by atoms with van der Waals surface area (Å²) in [6, 6.07) is 8.12. The number of fused-ring (bicyclic) bond motifs is 1. The minimum Gasteiger partial charge on any atom is -0.338 e. The molecule has 0 saturated carbocycles. The molecule has 1 N–H and O–H groups in total. The molecule has 170 valence electrons. The molecule has 6 heteroatoms. The predicted octanol–water partition coefficient (Wildman–Crippen LogP) is 5.08. The van der Waals surface area contributed by atoms with E-state index in [4.69, 9.17) is 0 Å². The molecule has 0 fully saturated rings. The van der Waals surface area contributed by atoms with Crippen LogP contribution in [0.3, 0.4) is 0 Å². The van der Waals surface area contributed by atoms with E-state index in [-0.39, 0.29) is 17.4 Å². The highest BCUT2D eigenvalue weighted by atomic mass is 79.9. The number of benzene rings is 1. The van der Waals surface area contributed by atoms with Gasteiger partial charge in [-0.1, -0.05) is 41.1 Å². The van der Waals surface area contributed by atoms with Gasteiger partial charge in [0, 0.05) is 40.9 Å². The zero-order chi connectivity index (χ0) is 22.9. The lowest BCUT2D eigenvalue weighted by molar-refractivity contribution is -0.132. The van der Waals surface area contributed by atoms with Crippen LogP contribution in [-0.4, -0.2) is 45.9 Å². The first-order valence-electron chi connectivity index (χ1n) is 11.6. The van der Waals surface area contributed by atoms with Crippen molar-refractivity contribution in [1.82, 2.24) is 20.2 Å². The first kappa shape index (κ1) is 23.1. The number of aryl methyl sites for hydroxylation is 1. The van der Waals surface area contributed by atoms with Crippen molar-refractivity contribution in [2.75, 3.05) is 19.6 Å². The lowest BCUT2D eigenvalue weighted by Gasteiger charge is -2.32. The Morgan fingerprint density at radius 2 is 1.97 bits per heavy atom. The van der Waals surface area contributed by atoms with Crippen LogP contribution in [0.2, 0.25) is 0 Å². The summed E-state index contributed by atoms with van der Waals surface area (Å²) < 4.78 is 1.02. The fourth-order valence-corrected chi connectivity index (χ4v) is 4.92. The molecule has 2 atom stereocenters. The van der Waals surface area contributed by atoms with Crippen LogP contribution in [0.25, 0.3) is 5.57 Å². The van der Waals surface area contributed by atoms with Gasteiger partial charge in [0.05, 0.1) is 11.6 Å².